The van der Waals surface area contributed by atoms with Crippen molar-refractivity contribution >= 4 is 22.6 Å². The smallest absolute Gasteiger partial charge is 0.325 e. The van der Waals surface area contributed by atoms with Crippen LogP contribution in [0.3, 0.4) is 0 Å². The minimum atomic E-state index is -4.58. The molecule has 6 nitrogen and oxygen atoms in total. The van der Waals surface area contributed by atoms with E-state index >= 15 is 0 Å². The summed E-state index contributed by atoms with van der Waals surface area (Å²) < 4.78 is 52.3. The number of halogens is 4. The van der Waals surface area contributed by atoms with Crippen LogP contribution in [0.5, 0.6) is 0 Å². The van der Waals surface area contributed by atoms with Gasteiger partial charge in [-0.25, -0.2) is 4.39 Å². The van der Waals surface area contributed by atoms with E-state index in [2.05, 4.69) is 10.3 Å². The number of carbonyl (C=O) groups is 1. The third-order valence-corrected chi connectivity index (χ3v) is 3.71. The van der Waals surface area contributed by atoms with Crippen molar-refractivity contribution in [3.8, 4) is 0 Å². The van der Waals surface area contributed by atoms with Crippen LogP contribution in [0.4, 0.5) is 23.2 Å². The van der Waals surface area contributed by atoms with Gasteiger partial charge >= 0.3 is 17.3 Å². The van der Waals surface area contributed by atoms with E-state index in [1.807, 2.05) is 0 Å². The molecule has 0 radical (unpaired) electrons. The van der Waals surface area contributed by atoms with Gasteiger partial charge in [0.05, 0.1) is 16.6 Å². The third-order valence-electron chi connectivity index (χ3n) is 3.71. The largest absolute Gasteiger partial charge is 0.416 e. The number of fused-ring (bicyclic) bond motifs is 1. The number of nitrogens with zero attached hydrogens (tertiary/aromatic N) is 1. The van der Waals surface area contributed by atoms with E-state index in [0.29, 0.717) is 0 Å². The van der Waals surface area contributed by atoms with Crippen molar-refractivity contribution < 1.29 is 22.4 Å². The van der Waals surface area contributed by atoms with Crippen LogP contribution < -0.4 is 16.4 Å². The first-order chi connectivity index (χ1) is 12.6. The van der Waals surface area contributed by atoms with E-state index in [9.17, 15) is 31.9 Å². The maximum Gasteiger partial charge on any atom is 0.416 e. The molecule has 0 atom stereocenters. The molecule has 1 amide bonds. The van der Waals surface area contributed by atoms with Crippen LogP contribution in [0.2, 0.25) is 0 Å². The Morgan fingerprint density at radius 3 is 2.56 bits per heavy atom. The Morgan fingerprint density at radius 2 is 1.85 bits per heavy atom. The number of alkyl halides is 3. The number of hydrogen-bond acceptors (Lipinski definition) is 3. The number of anilines is 1. The highest BCUT2D eigenvalue weighted by Crippen LogP contribution is 2.30. The number of aromatic amines is 1. The van der Waals surface area contributed by atoms with Gasteiger partial charge < -0.3 is 10.3 Å². The Kier molecular flexibility index (Phi) is 4.56. The lowest BCUT2D eigenvalue weighted by molar-refractivity contribution is -0.137. The topological polar surface area (TPSA) is 84.0 Å². The van der Waals surface area contributed by atoms with Crippen molar-refractivity contribution in [1.29, 1.82) is 0 Å². The number of rotatable bonds is 3. The van der Waals surface area contributed by atoms with Crippen molar-refractivity contribution in [2.24, 2.45) is 0 Å². The third kappa shape index (κ3) is 3.89. The molecule has 140 valence electrons. The Hall–Kier alpha value is -3.43. The van der Waals surface area contributed by atoms with Crippen LogP contribution in [0, 0.1) is 5.82 Å². The minimum absolute atomic E-state index is 0.00599. The lowest BCUT2D eigenvalue weighted by atomic mass is 10.2. The van der Waals surface area contributed by atoms with Crippen LogP contribution in [0.25, 0.3) is 11.0 Å². The van der Waals surface area contributed by atoms with Crippen LogP contribution in [-0.4, -0.2) is 15.5 Å². The predicted molar refractivity (Wildman–Crippen MR) is 88.9 cm³/mol. The van der Waals surface area contributed by atoms with Gasteiger partial charge in [-0.15, -0.1) is 0 Å². The molecule has 0 fully saturated rings. The van der Waals surface area contributed by atoms with E-state index in [1.54, 1.807) is 0 Å². The Balaban J connectivity index is 1.92. The quantitative estimate of drug-likeness (QED) is 0.540. The van der Waals surface area contributed by atoms with Crippen molar-refractivity contribution in [2.75, 3.05) is 5.32 Å². The second kappa shape index (κ2) is 6.71. The summed E-state index contributed by atoms with van der Waals surface area (Å²) in [5.74, 6) is -1.48. The number of aromatic nitrogens is 2. The Morgan fingerprint density at radius 1 is 1.11 bits per heavy atom. The monoisotopic (exact) mass is 381 g/mol. The second-order valence-electron chi connectivity index (χ2n) is 5.63. The van der Waals surface area contributed by atoms with E-state index in [0.717, 1.165) is 34.9 Å². The molecule has 0 bridgehead atoms. The molecule has 0 spiro atoms. The molecule has 10 heteroatoms. The first-order valence-corrected chi connectivity index (χ1v) is 7.54. The number of benzene rings is 2. The fourth-order valence-corrected chi connectivity index (χ4v) is 2.53. The molecule has 0 aliphatic rings. The molecule has 3 rings (SSSR count). The summed E-state index contributed by atoms with van der Waals surface area (Å²) in [7, 11) is 0. The standard InChI is InChI=1S/C17H11F4N3O3/c18-10-4-5-13-12(7-10)23-15(26)16(27)24(13)8-14(25)22-11-3-1-2-9(6-11)17(19,20)21/h1-7H,8H2,(H,22,25)(H,23,26). The molecule has 3 aromatic rings. The first kappa shape index (κ1) is 18.4. The van der Waals surface area contributed by atoms with E-state index in [1.165, 1.54) is 12.1 Å². The minimum Gasteiger partial charge on any atom is -0.325 e. The number of amides is 1. The van der Waals surface area contributed by atoms with Crippen LogP contribution in [0.15, 0.2) is 52.1 Å². The number of nitrogens with one attached hydrogen (secondary N) is 2. The van der Waals surface area contributed by atoms with E-state index in [4.69, 9.17) is 0 Å². The highest BCUT2D eigenvalue weighted by Gasteiger charge is 2.30. The molecule has 0 saturated heterocycles. The lowest BCUT2D eigenvalue weighted by Crippen LogP contribution is -2.38. The van der Waals surface area contributed by atoms with Gasteiger partial charge in [-0.3, -0.25) is 19.0 Å². The van der Waals surface area contributed by atoms with Gasteiger partial charge in [0.1, 0.15) is 12.4 Å². The zero-order valence-electron chi connectivity index (χ0n) is 13.4. The van der Waals surface area contributed by atoms with Gasteiger partial charge in [0, 0.05) is 5.69 Å². The molecule has 1 aromatic heterocycles. The summed E-state index contributed by atoms with van der Waals surface area (Å²) in [4.78, 5) is 38.1. The molecule has 2 aromatic carbocycles. The number of H-pyrrole nitrogens is 1. The fourth-order valence-electron chi connectivity index (χ4n) is 2.53. The van der Waals surface area contributed by atoms with E-state index < -0.39 is 41.1 Å². The molecule has 0 saturated carbocycles. The normalized spacial score (nSPS) is 11.6. The average Bonchev–Trinajstić information content (AvgIpc) is 2.58. The molecule has 1 heterocycles. The Labute approximate surface area is 148 Å². The van der Waals surface area contributed by atoms with Crippen molar-refractivity contribution in [3.05, 3.63) is 74.6 Å². The van der Waals surface area contributed by atoms with Crippen LogP contribution >= 0.6 is 0 Å². The maximum atomic E-state index is 13.3. The van der Waals surface area contributed by atoms with Gasteiger partial charge in [0.25, 0.3) is 0 Å². The highest BCUT2D eigenvalue weighted by atomic mass is 19.4. The summed E-state index contributed by atoms with van der Waals surface area (Å²) in [5.41, 5.74) is -3.07. The molecular weight excluding hydrogens is 370 g/mol. The van der Waals surface area contributed by atoms with Crippen LogP contribution in [-0.2, 0) is 17.5 Å². The van der Waals surface area contributed by atoms with Crippen LogP contribution in [0.1, 0.15) is 5.56 Å². The van der Waals surface area contributed by atoms with Gasteiger partial charge in [-0.2, -0.15) is 13.2 Å². The summed E-state index contributed by atoms with van der Waals surface area (Å²) in [6.45, 7) is -0.638. The molecule has 2 N–H and O–H groups in total. The summed E-state index contributed by atoms with van der Waals surface area (Å²) in [6.07, 6.45) is -4.58. The van der Waals surface area contributed by atoms with Crippen molar-refractivity contribution in [3.63, 3.8) is 0 Å². The Bertz CT molecular complexity index is 1150. The average molecular weight is 381 g/mol. The molecule has 0 aliphatic carbocycles. The summed E-state index contributed by atoms with van der Waals surface area (Å²) in [5, 5.41) is 2.24. The molecular formula is C17H11F4N3O3. The van der Waals surface area contributed by atoms with Crippen molar-refractivity contribution in [2.45, 2.75) is 12.7 Å². The lowest BCUT2D eigenvalue weighted by Gasteiger charge is -2.12. The zero-order chi connectivity index (χ0) is 19.8. The number of carbonyl (C=O) groups excluding carboxylic acids is 1. The van der Waals surface area contributed by atoms with Gasteiger partial charge in [-0.05, 0) is 36.4 Å². The second-order valence-corrected chi connectivity index (χ2v) is 5.63. The maximum absolute atomic E-state index is 13.3. The molecule has 0 aliphatic heterocycles. The first-order valence-electron chi connectivity index (χ1n) is 7.54. The highest BCUT2D eigenvalue weighted by molar-refractivity contribution is 5.91. The SMILES string of the molecule is O=C(Cn1c(=O)c(=O)[nH]c2cc(F)ccc21)Nc1cccc(C(F)(F)F)c1. The molecule has 27 heavy (non-hydrogen) atoms. The van der Waals surface area contributed by atoms with Crippen molar-refractivity contribution in [1.82, 2.24) is 9.55 Å². The summed E-state index contributed by atoms with van der Waals surface area (Å²) >= 11 is 0. The molecule has 0 unspecified atom stereocenters. The van der Waals surface area contributed by atoms with Gasteiger partial charge in [0.15, 0.2) is 0 Å². The zero-order valence-corrected chi connectivity index (χ0v) is 13.4. The van der Waals surface area contributed by atoms with E-state index in [-0.39, 0.29) is 16.7 Å². The van der Waals surface area contributed by atoms with Gasteiger partial charge in [-0.1, -0.05) is 6.07 Å². The van der Waals surface area contributed by atoms with Gasteiger partial charge in [0.2, 0.25) is 5.91 Å². The number of hydrogen-bond donors (Lipinski definition) is 2. The fraction of sp³-hybridized carbons (Fsp3) is 0.118. The summed E-state index contributed by atoms with van der Waals surface area (Å²) in [6, 6.07) is 7.19. The predicted octanol–water partition coefficient (Wildman–Crippen LogP) is 2.49.